The Kier molecular flexibility index (Phi) is 4.44. The molecule has 0 atom stereocenters. The molecule has 1 heterocycles. The van der Waals surface area contributed by atoms with Crippen LogP contribution in [0.5, 0.6) is 0 Å². The quantitative estimate of drug-likeness (QED) is 0.856. The van der Waals surface area contributed by atoms with Gasteiger partial charge in [-0.15, -0.1) is 0 Å². The summed E-state index contributed by atoms with van der Waals surface area (Å²) in [5, 5.41) is 3.21. The van der Waals surface area contributed by atoms with Gasteiger partial charge >= 0.3 is 0 Å². The molecular weight excluding hydrogens is 264 g/mol. The normalized spacial score (nSPS) is 14.5. The number of rotatable bonds is 6. The highest BCUT2D eigenvalue weighted by atomic mass is 32.2. The minimum Gasteiger partial charge on any atom is -0.384 e. The Bertz CT molecular complexity index is 543. The summed E-state index contributed by atoms with van der Waals surface area (Å²) in [6.07, 6.45) is 0.955. The van der Waals surface area contributed by atoms with E-state index >= 15 is 0 Å². The third-order valence-electron chi connectivity index (χ3n) is 3.33. The fourth-order valence-corrected chi connectivity index (χ4v) is 3.68. The van der Waals surface area contributed by atoms with Crippen LogP contribution in [0.3, 0.4) is 0 Å². The van der Waals surface area contributed by atoms with E-state index in [0.717, 1.165) is 18.7 Å². The number of ether oxygens (including phenoxy) is 1. The second-order valence-electron chi connectivity index (χ2n) is 4.49. The summed E-state index contributed by atoms with van der Waals surface area (Å²) >= 11 is 0. The van der Waals surface area contributed by atoms with Crippen LogP contribution in [0.4, 0.5) is 5.69 Å². The van der Waals surface area contributed by atoms with Crippen molar-refractivity contribution >= 4 is 15.7 Å². The molecule has 0 amide bonds. The van der Waals surface area contributed by atoms with Gasteiger partial charge in [-0.1, -0.05) is 13.0 Å². The van der Waals surface area contributed by atoms with Gasteiger partial charge in [0.2, 0.25) is 10.0 Å². The van der Waals surface area contributed by atoms with Gasteiger partial charge in [0.05, 0.1) is 11.5 Å². The fraction of sp³-hybridized carbons (Fsp3) is 0.538. The average Bonchev–Trinajstić information content (AvgIpc) is 2.86. The number of benzene rings is 1. The topological polar surface area (TPSA) is 58.6 Å². The Balaban J connectivity index is 2.27. The van der Waals surface area contributed by atoms with Crippen molar-refractivity contribution in [3.63, 3.8) is 0 Å². The molecule has 0 aliphatic carbocycles. The minimum atomic E-state index is -3.43. The number of methoxy groups -OCH3 is 1. The van der Waals surface area contributed by atoms with E-state index in [2.05, 4.69) is 5.32 Å². The molecule has 0 saturated heterocycles. The maximum atomic E-state index is 12.5. The first-order chi connectivity index (χ1) is 9.09. The first-order valence-electron chi connectivity index (χ1n) is 6.45. The van der Waals surface area contributed by atoms with Crippen LogP contribution in [0.2, 0.25) is 0 Å². The van der Waals surface area contributed by atoms with E-state index in [9.17, 15) is 8.42 Å². The molecular formula is C13H20N2O3S. The van der Waals surface area contributed by atoms with Crippen molar-refractivity contribution in [2.75, 3.05) is 38.7 Å². The van der Waals surface area contributed by atoms with Crippen LogP contribution in [0.1, 0.15) is 12.5 Å². The number of anilines is 1. The maximum absolute atomic E-state index is 12.5. The maximum Gasteiger partial charge on any atom is 0.243 e. The van der Waals surface area contributed by atoms with Gasteiger partial charge in [0, 0.05) is 32.4 Å². The van der Waals surface area contributed by atoms with Crippen LogP contribution < -0.4 is 5.32 Å². The van der Waals surface area contributed by atoms with Crippen molar-refractivity contribution in [3.05, 3.63) is 23.8 Å². The third-order valence-corrected chi connectivity index (χ3v) is 5.30. The molecule has 0 radical (unpaired) electrons. The predicted molar refractivity (Wildman–Crippen MR) is 74.9 cm³/mol. The van der Waals surface area contributed by atoms with Crippen molar-refractivity contribution in [1.29, 1.82) is 0 Å². The van der Waals surface area contributed by atoms with Gasteiger partial charge in [-0.3, -0.25) is 0 Å². The Morgan fingerprint density at radius 2 is 2.21 bits per heavy atom. The second-order valence-corrected chi connectivity index (χ2v) is 6.42. The Morgan fingerprint density at radius 3 is 2.89 bits per heavy atom. The van der Waals surface area contributed by atoms with E-state index in [-0.39, 0.29) is 0 Å². The molecule has 19 heavy (non-hydrogen) atoms. The molecule has 0 aromatic heterocycles. The van der Waals surface area contributed by atoms with Gasteiger partial charge in [0.1, 0.15) is 0 Å². The summed E-state index contributed by atoms with van der Waals surface area (Å²) in [6, 6.07) is 5.32. The lowest BCUT2D eigenvalue weighted by atomic mass is 10.2. The van der Waals surface area contributed by atoms with Gasteiger partial charge in [-0.25, -0.2) is 8.42 Å². The van der Waals surface area contributed by atoms with Gasteiger partial charge in [-0.05, 0) is 24.1 Å². The lowest BCUT2D eigenvalue weighted by molar-refractivity contribution is 0.180. The van der Waals surface area contributed by atoms with Crippen LogP contribution in [0.15, 0.2) is 23.1 Å². The number of nitrogens with zero attached hydrogens (tertiary/aromatic N) is 1. The van der Waals surface area contributed by atoms with Crippen molar-refractivity contribution < 1.29 is 13.2 Å². The molecule has 0 bridgehead atoms. The summed E-state index contributed by atoms with van der Waals surface area (Å²) in [7, 11) is -1.86. The molecule has 0 spiro atoms. The van der Waals surface area contributed by atoms with Crippen LogP contribution in [0.25, 0.3) is 0 Å². The largest absolute Gasteiger partial charge is 0.384 e. The molecule has 106 valence electrons. The molecule has 1 N–H and O–H groups in total. The average molecular weight is 284 g/mol. The number of fused-ring (bicyclic) bond motifs is 1. The third kappa shape index (κ3) is 2.91. The lowest BCUT2D eigenvalue weighted by Crippen LogP contribution is -2.33. The molecule has 0 saturated carbocycles. The molecule has 0 fully saturated rings. The number of hydrogen-bond acceptors (Lipinski definition) is 4. The van der Waals surface area contributed by atoms with E-state index in [1.165, 1.54) is 9.87 Å². The molecule has 5 nitrogen and oxygen atoms in total. The summed E-state index contributed by atoms with van der Waals surface area (Å²) in [5.41, 5.74) is 2.11. The lowest BCUT2D eigenvalue weighted by Gasteiger charge is -2.20. The second kappa shape index (κ2) is 5.90. The highest BCUT2D eigenvalue weighted by molar-refractivity contribution is 7.89. The fourth-order valence-electron chi connectivity index (χ4n) is 2.22. The van der Waals surface area contributed by atoms with Crippen molar-refractivity contribution in [1.82, 2.24) is 4.31 Å². The van der Waals surface area contributed by atoms with Gasteiger partial charge < -0.3 is 10.1 Å². The summed E-state index contributed by atoms with van der Waals surface area (Å²) in [6.45, 7) is 3.92. The SMILES string of the molecule is CCN(CCOC)S(=O)(=O)c1ccc2c(c1)NCC2. The first kappa shape index (κ1) is 14.3. The van der Waals surface area contributed by atoms with E-state index in [1.807, 2.05) is 13.0 Å². The number of nitrogens with one attached hydrogen (secondary N) is 1. The Hall–Kier alpha value is -1.11. The van der Waals surface area contributed by atoms with Crippen molar-refractivity contribution in [3.8, 4) is 0 Å². The first-order valence-corrected chi connectivity index (χ1v) is 7.89. The molecule has 0 unspecified atom stereocenters. The standard InChI is InChI=1S/C13H20N2O3S/c1-3-15(8-9-18-2)19(16,17)12-5-4-11-6-7-14-13(11)10-12/h4-5,10,14H,3,6-9H2,1-2H3. The van der Waals surface area contributed by atoms with Gasteiger partial charge in [0.25, 0.3) is 0 Å². The smallest absolute Gasteiger partial charge is 0.243 e. The number of hydrogen-bond donors (Lipinski definition) is 1. The summed E-state index contributed by atoms with van der Waals surface area (Å²) < 4.78 is 31.4. The summed E-state index contributed by atoms with van der Waals surface area (Å²) in [5.74, 6) is 0. The zero-order valence-electron chi connectivity index (χ0n) is 11.3. The zero-order valence-corrected chi connectivity index (χ0v) is 12.2. The van der Waals surface area contributed by atoms with Crippen LogP contribution in [-0.4, -0.2) is 46.1 Å². The Morgan fingerprint density at radius 1 is 1.42 bits per heavy atom. The zero-order chi connectivity index (χ0) is 13.9. The molecule has 1 aromatic carbocycles. The van der Waals surface area contributed by atoms with Crippen molar-refractivity contribution in [2.24, 2.45) is 0 Å². The summed E-state index contributed by atoms with van der Waals surface area (Å²) in [4.78, 5) is 0.346. The van der Waals surface area contributed by atoms with Gasteiger partial charge in [0.15, 0.2) is 0 Å². The number of likely N-dealkylation sites (N-methyl/N-ethyl adjacent to an activating group) is 1. The van der Waals surface area contributed by atoms with Crippen LogP contribution >= 0.6 is 0 Å². The van der Waals surface area contributed by atoms with E-state index in [0.29, 0.717) is 24.6 Å². The van der Waals surface area contributed by atoms with E-state index in [4.69, 9.17) is 4.74 Å². The molecule has 1 aromatic rings. The predicted octanol–water partition coefficient (Wildman–Crippen LogP) is 1.31. The highest BCUT2D eigenvalue weighted by Gasteiger charge is 2.24. The van der Waals surface area contributed by atoms with E-state index < -0.39 is 10.0 Å². The number of sulfonamides is 1. The molecule has 6 heteroatoms. The molecule has 1 aliphatic heterocycles. The molecule has 1 aliphatic rings. The van der Waals surface area contributed by atoms with Crippen LogP contribution in [-0.2, 0) is 21.2 Å². The van der Waals surface area contributed by atoms with Crippen molar-refractivity contribution in [2.45, 2.75) is 18.2 Å². The minimum absolute atomic E-state index is 0.346. The molecule has 2 rings (SSSR count). The highest BCUT2D eigenvalue weighted by Crippen LogP contribution is 2.26. The van der Waals surface area contributed by atoms with E-state index in [1.54, 1.807) is 19.2 Å². The monoisotopic (exact) mass is 284 g/mol. The Labute approximate surface area is 114 Å². The van der Waals surface area contributed by atoms with Gasteiger partial charge in [-0.2, -0.15) is 4.31 Å². The van der Waals surface area contributed by atoms with Crippen LogP contribution in [0, 0.1) is 0 Å².